The maximum absolute atomic E-state index is 12.5. The van der Waals surface area contributed by atoms with Crippen LogP contribution in [0.2, 0.25) is 0 Å². The van der Waals surface area contributed by atoms with E-state index < -0.39 is 5.41 Å². The summed E-state index contributed by atoms with van der Waals surface area (Å²) >= 11 is 3.34. The number of carbonyl (C=O) groups excluding carboxylic acids is 3. The van der Waals surface area contributed by atoms with E-state index in [-0.39, 0.29) is 30.7 Å². The second kappa shape index (κ2) is 5.36. The number of hydrogen-bond donors (Lipinski definition) is 1. The molecular weight excluding hydrogens is 324 g/mol. The van der Waals surface area contributed by atoms with Crippen molar-refractivity contribution in [3.05, 3.63) is 34.3 Å². The van der Waals surface area contributed by atoms with Crippen LogP contribution in [0.25, 0.3) is 0 Å². The lowest BCUT2D eigenvalue weighted by Crippen LogP contribution is -2.42. The van der Waals surface area contributed by atoms with E-state index in [4.69, 9.17) is 0 Å². The van der Waals surface area contributed by atoms with Gasteiger partial charge in [-0.2, -0.15) is 0 Å². The molecule has 0 bridgehead atoms. The molecule has 1 fully saturated rings. The summed E-state index contributed by atoms with van der Waals surface area (Å²) in [6, 6.07) is 7.30. The van der Waals surface area contributed by atoms with Crippen molar-refractivity contribution in [3.63, 3.8) is 0 Å². The van der Waals surface area contributed by atoms with Crippen molar-refractivity contribution in [3.8, 4) is 0 Å². The molecule has 106 valence electrons. The molecule has 1 heterocycles. The highest BCUT2D eigenvalue weighted by Gasteiger charge is 2.49. The molecule has 1 aromatic rings. The predicted octanol–water partition coefficient (Wildman–Crippen LogP) is 1.21. The van der Waals surface area contributed by atoms with Crippen LogP contribution in [0.4, 0.5) is 0 Å². The van der Waals surface area contributed by atoms with E-state index in [9.17, 15) is 14.4 Å². The number of nitrogens with zero attached hydrogens (tertiary/aromatic N) is 1. The molecule has 5 nitrogen and oxygen atoms in total. The second-order valence-corrected chi connectivity index (χ2v) is 5.89. The standard InChI is InChI=1S/C14H15BrN2O3/c1-14(9-3-5-10(15)6-4-9)7-12(19)17(13(14)20)8-11(18)16-2/h3-6H,7-8H2,1-2H3,(H,16,18)/t14-/m1/s1. The largest absolute Gasteiger partial charge is 0.358 e. The Balaban J connectivity index is 2.30. The van der Waals surface area contributed by atoms with Crippen molar-refractivity contribution in [2.75, 3.05) is 13.6 Å². The smallest absolute Gasteiger partial charge is 0.240 e. The summed E-state index contributed by atoms with van der Waals surface area (Å²) in [5.74, 6) is -0.996. The van der Waals surface area contributed by atoms with Gasteiger partial charge in [-0.15, -0.1) is 0 Å². The number of likely N-dealkylation sites (tertiary alicyclic amines) is 1. The molecule has 20 heavy (non-hydrogen) atoms. The minimum absolute atomic E-state index is 0.0878. The van der Waals surface area contributed by atoms with Crippen LogP contribution in [0.15, 0.2) is 28.7 Å². The number of amides is 3. The molecule has 0 aromatic heterocycles. The Morgan fingerprint density at radius 3 is 2.50 bits per heavy atom. The van der Waals surface area contributed by atoms with Gasteiger partial charge in [0.15, 0.2) is 0 Å². The number of likely N-dealkylation sites (N-methyl/N-ethyl adjacent to an activating group) is 1. The Labute approximate surface area is 125 Å². The van der Waals surface area contributed by atoms with Crippen molar-refractivity contribution >= 4 is 33.7 Å². The van der Waals surface area contributed by atoms with Gasteiger partial charge in [0.2, 0.25) is 17.7 Å². The highest BCUT2D eigenvalue weighted by molar-refractivity contribution is 9.10. The molecule has 0 radical (unpaired) electrons. The van der Waals surface area contributed by atoms with E-state index in [1.165, 1.54) is 7.05 Å². The van der Waals surface area contributed by atoms with Gasteiger partial charge in [0.25, 0.3) is 0 Å². The first-order valence-electron chi connectivity index (χ1n) is 6.20. The van der Waals surface area contributed by atoms with E-state index in [1.54, 1.807) is 6.92 Å². The van der Waals surface area contributed by atoms with Crippen LogP contribution in [0.1, 0.15) is 18.9 Å². The number of halogens is 1. The number of benzene rings is 1. The lowest BCUT2D eigenvalue weighted by atomic mass is 9.81. The molecule has 1 N–H and O–H groups in total. The Morgan fingerprint density at radius 2 is 1.95 bits per heavy atom. The molecule has 2 rings (SSSR count). The first-order valence-corrected chi connectivity index (χ1v) is 6.99. The molecule has 0 spiro atoms. The molecule has 1 aromatic carbocycles. The molecule has 0 saturated carbocycles. The lowest BCUT2D eigenvalue weighted by Gasteiger charge is -2.22. The number of hydrogen-bond acceptors (Lipinski definition) is 3. The van der Waals surface area contributed by atoms with Crippen molar-refractivity contribution in [2.45, 2.75) is 18.8 Å². The quantitative estimate of drug-likeness (QED) is 0.842. The molecule has 1 atom stereocenters. The van der Waals surface area contributed by atoms with Crippen LogP contribution < -0.4 is 5.32 Å². The summed E-state index contributed by atoms with van der Waals surface area (Å²) in [7, 11) is 1.47. The van der Waals surface area contributed by atoms with Gasteiger partial charge >= 0.3 is 0 Å². The van der Waals surface area contributed by atoms with Crippen LogP contribution in [0.3, 0.4) is 0 Å². The van der Waals surface area contributed by atoms with E-state index >= 15 is 0 Å². The van der Waals surface area contributed by atoms with Crippen LogP contribution >= 0.6 is 15.9 Å². The van der Waals surface area contributed by atoms with E-state index in [0.29, 0.717) is 0 Å². The molecule has 1 aliphatic rings. The van der Waals surface area contributed by atoms with Crippen molar-refractivity contribution in [1.29, 1.82) is 0 Å². The summed E-state index contributed by atoms with van der Waals surface area (Å²) in [4.78, 5) is 36.9. The Kier molecular flexibility index (Phi) is 3.94. The van der Waals surface area contributed by atoms with Gasteiger partial charge in [-0.25, -0.2) is 0 Å². The fourth-order valence-corrected chi connectivity index (χ4v) is 2.57. The Hall–Kier alpha value is -1.69. The molecule has 6 heteroatoms. The predicted molar refractivity (Wildman–Crippen MR) is 76.9 cm³/mol. The third-order valence-corrected chi connectivity index (χ3v) is 4.11. The number of carbonyl (C=O) groups is 3. The van der Waals surface area contributed by atoms with Gasteiger partial charge in [-0.05, 0) is 24.6 Å². The van der Waals surface area contributed by atoms with Crippen LogP contribution in [0.5, 0.6) is 0 Å². The van der Waals surface area contributed by atoms with Gasteiger partial charge in [0.05, 0.1) is 5.41 Å². The zero-order chi connectivity index (χ0) is 14.9. The zero-order valence-corrected chi connectivity index (χ0v) is 12.9. The molecule has 0 unspecified atom stereocenters. The normalized spacial score (nSPS) is 22.2. The summed E-state index contributed by atoms with van der Waals surface area (Å²) in [6.45, 7) is 1.51. The minimum Gasteiger partial charge on any atom is -0.358 e. The number of nitrogens with one attached hydrogen (secondary N) is 1. The van der Waals surface area contributed by atoms with Gasteiger partial charge < -0.3 is 5.32 Å². The summed E-state index contributed by atoms with van der Waals surface area (Å²) < 4.78 is 0.906. The first kappa shape index (κ1) is 14.7. The summed E-state index contributed by atoms with van der Waals surface area (Å²) in [6.07, 6.45) is 0.0878. The molecule has 1 aliphatic heterocycles. The monoisotopic (exact) mass is 338 g/mol. The Morgan fingerprint density at radius 1 is 1.35 bits per heavy atom. The third kappa shape index (κ3) is 2.47. The highest BCUT2D eigenvalue weighted by Crippen LogP contribution is 2.36. The SMILES string of the molecule is CNC(=O)CN1C(=O)C[C@](C)(c2ccc(Br)cc2)C1=O. The summed E-state index contributed by atoms with van der Waals surface area (Å²) in [5, 5.41) is 2.42. The van der Waals surface area contributed by atoms with Crippen LogP contribution in [-0.2, 0) is 19.8 Å². The average molecular weight is 339 g/mol. The molecule has 3 amide bonds. The van der Waals surface area contributed by atoms with Gasteiger partial charge in [0.1, 0.15) is 6.54 Å². The van der Waals surface area contributed by atoms with E-state index in [0.717, 1.165) is 14.9 Å². The van der Waals surface area contributed by atoms with Crippen LogP contribution in [-0.4, -0.2) is 36.2 Å². The molecule has 0 aliphatic carbocycles. The zero-order valence-electron chi connectivity index (χ0n) is 11.3. The number of rotatable bonds is 3. The van der Waals surface area contributed by atoms with Crippen LogP contribution in [0, 0.1) is 0 Å². The number of imide groups is 1. The van der Waals surface area contributed by atoms with Crippen molar-refractivity contribution in [2.24, 2.45) is 0 Å². The maximum atomic E-state index is 12.5. The van der Waals surface area contributed by atoms with Gasteiger partial charge in [0, 0.05) is 17.9 Å². The fraction of sp³-hybridized carbons (Fsp3) is 0.357. The fourth-order valence-electron chi connectivity index (χ4n) is 2.31. The maximum Gasteiger partial charge on any atom is 0.240 e. The average Bonchev–Trinajstić information content (AvgIpc) is 2.64. The van der Waals surface area contributed by atoms with Crippen molar-refractivity contribution < 1.29 is 14.4 Å². The van der Waals surface area contributed by atoms with E-state index in [1.807, 2.05) is 24.3 Å². The Bertz CT molecular complexity index is 570. The second-order valence-electron chi connectivity index (χ2n) is 4.97. The lowest BCUT2D eigenvalue weighted by molar-refractivity contribution is -0.143. The van der Waals surface area contributed by atoms with Gasteiger partial charge in [-0.1, -0.05) is 28.1 Å². The topological polar surface area (TPSA) is 66.5 Å². The summed E-state index contributed by atoms with van der Waals surface area (Å²) in [5.41, 5.74) is -0.121. The molecular formula is C14H15BrN2O3. The first-order chi connectivity index (χ1) is 9.38. The third-order valence-electron chi connectivity index (χ3n) is 3.58. The highest BCUT2D eigenvalue weighted by atomic mass is 79.9. The van der Waals surface area contributed by atoms with Gasteiger partial charge in [-0.3, -0.25) is 19.3 Å². The van der Waals surface area contributed by atoms with E-state index in [2.05, 4.69) is 21.2 Å². The minimum atomic E-state index is -0.897. The van der Waals surface area contributed by atoms with Crippen molar-refractivity contribution in [1.82, 2.24) is 10.2 Å². The molecule has 1 saturated heterocycles.